The SMILES string of the molecule is CC(C)(C)N1CC2CC1CN2C(C)(C)C.CC(C)(C)OC(N)=O.CCC1CCCC(C)C1.CN1CC2CC1CN2C(=O)C(C)(C)C. The lowest BCUT2D eigenvalue weighted by Crippen LogP contribution is -2.57. The summed E-state index contributed by atoms with van der Waals surface area (Å²) >= 11 is 0. The molecule has 0 aromatic heterocycles. The third-order valence-electron chi connectivity index (χ3n) is 10.4. The summed E-state index contributed by atoms with van der Waals surface area (Å²) in [6.45, 7) is 34.6. The minimum atomic E-state index is -0.725. The van der Waals surface area contributed by atoms with Crippen LogP contribution in [0.4, 0.5) is 4.79 Å². The minimum absolute atomic E-state index is 0.219. The van der Waals surface area contributed by atoms with E-state index in [0.717, 1.165) is 37.0 Å². The van der Waals surface area contributed by atoms with Gasteiger partial charge in [0.2, 0.25) is 5.91 Å². The number of carbonyl (C=O) groups is 2. The van der Waals surface area contributed by atoms with Gasteiger partial charge in [-0.1, -0.05) is 60.3 Å². The molecule has 0 spiro atoms. The van der Waals surface area contributed by atoms with Crippen LogP contribution in [0.2, 0.25) is 0 Å². The molecule has 4 aliphatic heterocycles. The lowest BCUT2D eigenvalue weighted by atomic mass is 9.81. The fraction of sp³-hybridized carbons (Fsp3) is 0.947. The summed E-state index contributed by atoms with van der Waals surface area (Å²) in [5.74, 6) is 2.40. The van der Waals surface area contributed by atoms with E-state index in [9.17, 15) is 9.59 Å². The summed E-state index contributed by atoms with van der Waals surface area (Å²) in [6.07, 6.45) is 9.21. The summed E-state index contributed by atoms with van der Waals surface area (Å²) in [5, 5.41) is 0. The largest absolute Gasteiger partial charge is 0.444 e. The van der Waals surface area contributed by atoms with Crippen LogP contribution in [0.1, 0.15) is 142 Å². The second-order valence-corrected chi connectivity index (χ2v) is 19.0. The number of rotatable bonds is 1. The lowest BCUT2D eigenvalue weighted by Gasteiger charge is -2.46. The average Bonchev–Trinajstić information content (AvgIpc) is 3.67. The number of carbonyl (C=O) groups excluding carboxylic acids is 2. The second kappa shape index (κ2) is 15.9. The molecule has 5 rings (SSSR count). The Morgan fingerprint density at radius 2 is 1.22 bits per heavy atom. The zero-order chi connectivity index (χ0) is 35.4. The first-order chi connectivity index (χ1) is 20.8. The molecule has 4 bridgehead atoms. The Balaban J connectivity index is 0.000000221. The van der Waals surface area contributed by atoms with E-state index in [0.29, 0.717) is 29.1 Å². The van der Waals surface area contributed by atoms with Crippen LogP contribution in [-0.2, 0) is 9.53 Å². The Labute approximate surface area is 284 Å². The molecule has 0 radical (unpaired) electrons. The van der Waals surface area contributed by atoms with Crippen LogP contribution in [0.5, 0.6) is 0 Å². The molecule has 0 aromatic carbocycles. The van der Waals surface area contributed by atoms with Crippen molar-refractivity contribution in [1.29, 1.82) is 0 Å². The molecule has 1 aliphatic carbocycles. The number of likely N-dealkylation sites (N-methyl/N-ethyl adjacent to an activating group) is 1. The van der Waals surface area contributed by atoms with E-state index < -0.39 is 11.7 Å². The number of piperazine rings is 2. The van der Waals surface area contributed by atoms with Gasteiger partial charge in [0.05, 0.1) is 0 Å². The number of ether oxygens (including phenoxy) is 1. The Kier molecular flexibility index (Phi) is 14.1. The molecule has 46 heavy (non-hydrogen) atoms. The van der Waals surface area contributed by atoms with Crippen molar-refractivity contribution in [3.8, 4) is 0 Å². The summed E-state index contributed by atoms with van der Waals surface area (Å²) < 4.78 is 4.58. The van der Waals surface area contributed by atoms with Crippen LogP contribution >= 0.6 is 0 Å². The van der Waals surface area contributed by atoms with Crippen molar-refractivity contribution in [2.24, 2.45) is 23.0 Å². The van der Waals surface area contributed by atoms with Gasteiger partial charge >= 0.3 is 6.09 Å². The zero-order valence-corrected chi connectivity index (χ0v) is 32.8. The zero-order valence-electron chi connectivity index (χ0n) is 32.8. The number of amides is 2. The van der Waals surface area contributed by atoms with Crippen molar-refractivity contribution in [2.75, 3.05) is 33.2 Å². The Bertz CT molecular complexity index is 945. The maximum Gasteiger partial charge on any atom is 0.405 e. The highest BCUT2D eigenvalue weighted by Gasteiger charge is 2.49. The van der Waals surface area contributed by atoms with Gasteiger partial charge in [0, 0.05) is 66.8 Å². The summed E-state index contributed by atoms with van der Waals surface area (Å²) in [5.41, 5.74) is 4.75. The van der Waals surface area contributed by atoms with Crippen molar-refractivity contribution in [2.45, 2.75) is 183 Å². The molecular formula is C38H75N5O3. The van der Waals surface area contributed by atoms with E-state index in [4.69, 9.17) is 5.73 Å². The van der Waals surface area contributed by atoms with Crippen LogP contribution in [0.15, 0.2) is 0 Å². The van der Waals surface area contributed by atoms with E-state index >= 15 is 0 Å². The Morgan fingerprint density at radius 3 is 1.48 bits per heavy atom. The predicted molar refractivity (Wildman–Crippen MR) is 193 cm³/mol. The van der Waals surface area contributed by atoms with Gasteiger partial charge < -0.3 is 15.4 Å². The number of nitrogens with two attached hydrogens (primary N) is 1. The first-order valence-electron chi connectivity index (χ1n) is 18.4. The third kappa shape index (κ3) is 12.3. The molecule has 6 atom stereocenters. The van der Waals surface area contributed by atoms with Gasteiger partial charge in [-0.25, -0.2) is 4.79 Å². The standard InChI is InChI=1S/C13H26N2.C11H20N2O.C9H18.C5H11NO2/c1-12(2,3)14-8-11-7-10(14)9-15(11)13(4,5)6;1-11(2,3)10(14)13-7-8-5-9(13)6-12(8)4;1-3-9-6-4-5-8(2)7-9;1-5(2,3)8-4(6)7/h10-11H,7-9H2,1-6H3;8-9H,5-7H2,1-4H3;8-9H,3-7H2,1-2H3;1-3H3,(H2,6,7). The number of hydrogen-bond donors (Lipinski definition) is 1. The maximum absolute atomic E-state index is 12.1. The van der Waals surface area contributed by atoms with Crippen LogP contribution in [0.25, 0.3) is 0 Å². The highest BCUT2D eigenvalue weighted by atomic mass is 16.6. The highest BCUT2D eigenvalue weighted by molar-refractivity contribution is 5.82. The average molecular weight is 650 g/mol. The van der Waals surface area contributed by atoms with Gasteiger partial charge in [0.1, 0.15) is 5.60 Å². The van der Waals surface area contributed by atoms with E-state index in [-0.39, 0.29) is 5.41 Å². The summed E-state index contributed by atoms with van der Waals surface area (Å²) in [6, 6.07) is 2.70. The van der Waals surface area contributed by atoms with E-state index in [1.807, 2.05) is 20.8 Å². The first-order valence-corrected chi connectivity index (χ1v) is 18.4. The Morgan fingerprint density at radius 1 is 0.717 bits per heavy atom. The normalized spacial score (nSPS) is 30.1. The van der Waals surface area contributed by atoms with Gasteiger partial charge in [0.15, 0.2) is 0 Å². The fourth-order valence-corrected chi connectivity index (χ4v) is 8.09. The number of nitrogens with zero attached hydrogens (tertiary/aromatic N) is 4. The summed E-state index contributed by atoms with van der Waals surface area (Å²) in [4.78, 5) is 31.9. The molecule has 0 aromatic rings. The molecule has 6 unspecified atom stereocenters. The molecule has 5 fully saturated rings. The van der Waals surface area contributed by atoms with Crippen LogP contribution in [0, 0.1) is 17.3 Å². The van der Waals surface area contributed by atoms with Gasteiger partial charge in [-0.3, -0.25) is 19.5 Å². The molecule has 5 aliphatic rings. The van der Waals surface area contributed by atoms with Crippen molar-refractivity contribution >= 4 is 12.0 Å². The molecule has 2 N–H and O–H groups in total. The van der Waals surface area contributed by atoms with Crippen molar-refractivity contribution < 1.29 is 14.3 Å². The van der Waals surface area contributed by atoms with Gasteiger partial charge in [0.25, 0.3) is 0 Å². The monoisotopic (exact) mass is 650 g/mol. The maximum atomic E-state index is 12.1. The molecule has 1 saturated carbocycles. The molecule has 2 amide bonds. The van der Waals surface area contributed by atoms with E-state index in [1.54, 1.807) is 20.8 Å². The number of fused-ring (bicyclic) bond motifs is 4. The van der Waals surface area contributed by atoms with Gasteiger partial charge in [-0.15, -0.1) is 0 Å². The molecule has 270 valence electrons. The van der Waals surface area contributed by atoms with Crippen molar-refractivity contribution in [3.05, 3.63) is 0 Å². The van der Waals surface area contributed by atoms with E-state index in [2.05, 4.69) is 86.8 Å². The number of hydrogen-bond acceptors (Lipinski definition) is 6. The molecule has 8 nitrogen and oxygen atoms in total. The van der Waals surface area contributed by atoms with Crippen molar-refractivity contribution in [3.63, 3.8) is 0 Å². The second-order valence-electron chi connectivity index (χ2n) is 19.0. The lowest BCUT2D eigenvalue weighted by molar-refractivity contribution is -0.141. The topological polar surface area (TPSA) is 82.3 Å². The molecule has 8 heteroatoms. The van der Waals surface area contributed by atoms with Crippen LogP contribution in [0.3, 0.4) is 0 Å². The summed E-state index contributed by atoms with van der Waals surface area (Å²) in [7, 11) is 2.16. The van der Waals surface area contributed by atoms with Gasteiger partial charge in [-0.2, -0.15) is 0 Å². The molecule has 4 saturated heterocycles. The Hall–Kier alpha value is -1.38. The third-order valence-corrected chi connectivity index (χ3v) is 10.4. The number of likely N-dealkylation sites (tertiary alicyclic amines) is 4. The number of primary amides is 1. The smallest absolute Gasteiger partial charge is 0.405 e. The van der Waals surface area contributed by atoms with Gasteiger partial charge in [-0.05, 0) is 100 Å². The quantitative estimate of drug-likeness (QED) is 0.319. The highest BCUT2D eigenvalue weighted by Crippen LogP contribution is 2.39. The van der Waals surface area contributed by atoms with Crippen molar-refractivity contribution in [1.82, 2.24) is 19.6 Å². The fourth-order valence-electron chi connectivity index (χ4n) is 8.09. The molecular weight excluding hydrogens is 574 g/mol. The first kappa shape index (κ1) is 40.8. The van der Waals surface area contributed by atoms with E-state index in [1.165, 1.54) is 58.0 Å². The van der Waals surface area contributed by atoms with Crippen LogP contribution < -0.4 is 5.73 Å². The minimum Gasteiger partial charge on any atom is -0.444 e. The van der Waals surface area contributed by atoms with Crippen LogP contribution in [-0.4, -0.2) is 106 Å². The predicted octanol–water partition coefficient (Wildman–Crippen LogP) is 7.39. The molecule has 4 heterocycles.